The minimum absolute atomic E-state index is 0.180. The lowest BCUT2D eigenvalue weighted by atomic mass is 9.79. The van der Waals surface area contributed by atoms with Gasteiger partial charge in [0.05, 0.1) is 13.2 Å². The predicted molar refractivity (Wildman–Crippen MR) is 136 cm³/mol. The van der Waals surface area contributed by atoms with Gasteiger partial charge in [0.1, 0.15) is 0 Å². The Hall–Kier alpha value is -1.12. The predicted octanol–water partition coefficient (Wildman–Crippen LogP) is 8.80. The van der Waals surface area contributed by atoms with Crippen molar-refractivity contribution >= 4 is 0 Å². The van der Waals surface area contributed by atoms with Crippen LogP contribution in [0, 0.1) is 17.8 Å². The lowest BCUT2D eigenvalue weighted by Gasteiger charge is -2.30. The second-order valence-corrected chi connectivity index (χ2v) is 10.3. The molecule has 1 aliphatic carbocycles. The Labute approximate surface area is 198 Å². The highest BCUT2D eigenvalue weighted by atomic mass is 16.7. The molecule has 0 aromatic heterocycles. The number of ether oxygens (including phenoxy) is 2. The van der Waals surface area contributed by atoms with Crippen LogP contribution in [0.2, 0.25) is 0 Å². The van der Waals surface area contributed by atoms with Gasteiger partial charge in [-0.1, -0.05) is 95.2 Å². The summed E-state index contributed by atoms with van der Waals surface area (Å²) in [4.78, 5) is 0. The van der Waals surface area contributed by atoms with Gasteiger partial charge in [-0.15, -0.1) is 0 Å². The molecule has 2 heteroatoms. The largest absolute Gasteiger partial charge is 0.348 e. The Balaban J connectivity index is 1.34. The summed E-state index contributed by atoms with van der Waals surface area (Å²) in [6, 6.07) is 8.85. The van der Waals surface area contributed by atoms with Crippen LogP contribution in [-0.2, 0) is 15.9 Å². The summed E-state index contributed by atoms with van der Waals surface area (Å²) in [5.74, 6) is 2.39. The van der Waals surface area contributed by atoms with Crippen molar-refractivity contribution in [1.82, 2.24) is 0 Å². The van der Waals surface area contributed by atoms with E-state index in [0.29, 0.717) is 5.92 Å². The highest BCUT2D eigenvalue weighted by Gasteiger charge is 2.23. The number of aryl methyl sites for hydroxylation is 1. The average molecular weight is 441 g/mol. The maximum Gasteiger partial charge on any atom is 0.183 e. The molecule has 1 aromatic carbocycles. The van der Waals surface area contributed by atoms with Gasteiger partial charge in [-0.2, -0.15) is 0 Å². The summed E-state index contributed by atoms with van der Waals surface area (Å²) in [5, 5.41) is 0. The van der Waals surface area contributed by atoms with Crippen LogP contribution in [0.15, 0.2) is 36.4 Å². The monoisotopic (exact) mass is 440 g/mol. The molecule has 0 amide bonds. The zero-order valence-electron chi connectivity index (χ0n) is 20.9. The van der Waals surface area contributed by atoms with Gasteiger partial charge in [0.15, 0.2) is 6.29 Å². The molecule has 0 atom stereocenters. The zero-order valence-corrected chi connectivity index (χ0v) is 20.9. The molecule has 1 heterocycles. The first-order valence-corrected chi connectivity index (χ1v) is 13.8. The van der Waals surface area contributed by atoms with Crippen LogP contribution in [0.1, 0.15) is 115 Å². The Kier molecular flexibility index (Phi) is 11.9. The lowest BCUT2D eigenvalue weighted by molar-refractivity contribution is -0.206. The maximum atomic E-state index is 6.07. The first kappa shape index (κ1) is 25.5. The molecule has 2 aliphatic rings. The summed E-state index contributed by atoms with van der Waals surface area (Å²) in [6.07, 6.45) is 23.5. The second-order valence-electron chi connectivity index (χ2n) is 10.3. The standard InChI is InChI=1S/C30H48O2/c1-3-5-7-12-25-18-20-26(21-19-25)13-9-10-14-27-16-11-17-29(22-27)30-31-23-28(24-32-30)15-8-6-4-2/h9,11,13,16-17,22,25-26,28,30H,3-8,10,12,14-15,18-21,23-24H2,1-2H3/b13-9+. The van der Waals surface area contributed by atoms with E-state index in [9.17, 15) is 0 Å². The van der Waals surface area contributed by atoms with Crippen LogP contribution >= 0.6 is 0 Å². The summed E-state index contributed by atoms with van der Waals surface area (Å²) in [5.41, 5.74) is 2.57. The van der Waals surface area contributed by atoms with Crippen LogP contribution in [0.25, 0.3) is 0 Å². The van der Waals surface area contributed by atoms with Gasteiger partial charge < -0.3 is 9.47 Å². The Morgan fingerprint density at radius 1 is 0.844 bits per heavy atom. The van der Waals surface area contributed by atoms with Gasteiger partial charge >= 0.3 is 0 Å². The lowest BCUT2D eigenvalue weighted by Crippen LogP contribution is -2.27. The minimum Gasteiger partial charge on any atom is -0.348 e. The first-order chi connectivity index (χ1) is 15.8. The summed E-state index contributed by atoms with van der Waals surface area (Å²) >= 11 is 0. The molecular weight excluding hydrogens is 392 g/mol. The van der Waals surface area contributed by atoms with Gasteiger partial charge in [0, 0.05) is 11.5 Å². The fraction of sp³-hybridized carbons (Fsp3) is 0.733. The number of rotatable bonds is 13. The molecule has 32 heavy (non-hydrogen) atoms. The van der Waals surface area contributed by atoms with E-state index in [-0.39, 0.29) is 6.29 Å². The van der Waals surface area contributed by atoms with Crippen LogP contribution in [0.3, 0.4) is 0 Å². The average Bonchev–Trinajstić information content (AvgIpc) is 2.84. The van der Waals surface area contributed by atoms with Crippen molar-refractivity contribution in [3.05, 3.63) is 47.5 Å². The van der Waals surface area contributed by atoms with Crippen molar-refractivity contribution in [3.8, 4) is 0 Å². The van der Waals surface area contributed by atoms with Crippen molar-refractivity contribution in [2.75, 3.05) is 13.2 Å². The van der Waals surface area contributed by atoms with Gasteiger partial charge in [0.2, 0.25) is 0 Å². The van der Waals surface area contributed by atoms with E-state index in [1.54, 1.807) is 0 Å². The second kappa shape index (κ2) is 14.9. The van der Waals surface area contributed by atoms with E-state index < -0.39 is 0 Å². The molecule has 0 bridgehead atoms. The third-order valence-corrected chi connectivity index (χ3v) is 7.52. The molecule has 0 unspecified atom stereocenters. The molecule has 0 N–H and O–H groups in total. The van der Waals surface area contributed by atoms with Crippen molar-refractivity contribution in [2.45, 2.75) is 110 Å². The zero-order chi connectivity index (χ0) is 22.4. The highest BCUT2D eigenvalue weighted by molar-refractivity contribution is 5.25. The quantitative estimate of drug-likeness (QED) is 0.225. The van der Waals surface area contributed by atoms with Crippen molar-refractivity contribution in [1.29, 1.82) is 0 Å². The summed E-state index contributed by atoms with van der Waals surface area (Å²) < 4.78 is 12.1. The normalized spacial score (nSPS) is 26.6. The number of allylic oxidation sites excluding steroid dienone is 2. The molecular formula is C30H48O2. The van der Waals surface area contributed by atoms with E-state index in [0.717, 1.165) is 37.9 Å². The van der Waals surface area contributed by atoms with Crippen LogP contribution in [-0.4, -0.2) is 13.2 Å². The van der Waals surface area contributed by atoms with E-state index >= 15 is 0 Å². The number of unbranched alkanes of at least 4 members (excludes halogenated alkanes) is 4. The summed E-state index contributed by atoms with van der Waals surface area (Å²) in [7, 11) is 0. The van der Waals surface area contributed by atoms with E-state index in [4.69, 9.17) is 9.47 Å². The highest BCUT2D eigenvalue weighted by Crippen LogP contribution is 2.33. The Bertz CT molecular complexity index is 636. The SMILES string of the molecule is CCCCCC1CCC(/C=C/CCc2cccc(C3OCC(CCCCC)CO3)c2)CC1. The number of hydrogen-bond acceptors (Lipinski definition) is 2. The maximum absolute atomic E-state index is 6.07. The number of benzene rings is 1. The van der Waals surface area contributed by atoms with Crippen molar-refractivity contribution < 1.29 is 9.47 Å². The topological polar surface area (TPSA) is 18.5 Å². The third-order valence-electron chi connectivity index (χ3n) is 7.52. The molecule has 1 saturated carbocycles. The van der Waals surface area contributed by atoms with Crippen LogP contribution < -0.4 is 0 Å². The molecule has 180 valence electrons. The Morgan fingerprint density at radius 2 is 1.53 bits per heavy atom. The molecule has 2 fully saturated rings. The molecule has 0 radical (unpaired) electrons. The van der Waals surface area contributed by atoms with E-state index in [1.165, 1.54) is 88.2 Å². The summed E-state index contributed by atoms with van der Waals surface area (Å²) in [6.45, 7) is 6.23. The van der Waals surface area contributed by atoms with Crippen LogP contribution in [0.4, 0.5) is 0 Å². The molecule has 3 rings (SSSR count). The minimum atomic E-state index is -0.180. The van der Waals surface area contributed by atoms with E-state index in [1.807, 2.05) is 0 Å². The third kappa shape index (κ3) is 9.02. The van der Waals surface area contributed by atoms with Gasteiger partial charge in [0.25, 0.3) is 0 Å². The molecule has 1 aliphatic heterocycles. The molecule has 0 spiro atoms. The molecule has 1 saturated heterocycles. The van der Waals surface area contributed by atoms with Gasteiger partial charge in [-0.25, -0.2) is 0 Å². The first-order valence-electron chi connectivity index (χ1n) is 13.8. The van der Waals surface area contributed by atoms with Crippen LogP contribution in [0.5, 0.6) is 0 Å². The number of hydrogen-bond donors (Lipinski definition) is 0. The van der Waals surface area contributed by atoms with Gasteiger partial charge in [-0.05, 0) is 62.3 Å². The molecule has 1 aromatic rings. The Morgan fingerprint density at radius 3 is 2.22 bits per heavy atom. The fourth-order valence-electron chi connectivity index (χ4n) is 5.37. The van der Waals surface area contributed by atoms with Crippen molar-refractivity contribution in [2.24, 2.45) is 17.8 Å². The molecule has 2 nitrogen and oxygen atoms in total. The smallest absolute Gasteiger partial charge is 0.183 e. The van der Waals surface area contributed by atoms with E-state index in [2.05, 4.69) is 50.3 Å². The van der Waals surface area contributed by atoms with Gasteiger partial charge in [-0.3, -0.25) is 0 Å². The fourth-order valence-corrected chi connectivity index (χ4v) is 5.37. The van der Waals surface area contributed by atoms with Crippen molar-refractivity contribution in [3.63, 3.8) is 0 Å².